The maximum Gasteiger partial charge on any atom is 0.0209 e. The van der Waals surface area contributed by atoms with Gasteiger partial charge in [-0.3, -0.25) is 0 Å². The van der Waals surface area contributed by atoms with Crippen molar-refractivity contribution in [3.05, 3.63) is 71.3 Å². The Morgan fingerprint density at radius 1 is 0.700 bits per heavy atom. The summed E-state index contributed by atoms with van der Waals surface area (Å²) in [5.41, 5.74) is 9.56. The van der Waals surface area contributed by atoms with Gasteiger partial charge in [0.15, 0.2) is 0 Å². The van der Waals surface area contributed by atoms with E-state index in [2.05, 4.69) is 53.1 Å². The first kappa shape index (κ1) is 14.7. The number of benzene rings is 2. The Morgan fingerprint density at radius 2 is 1.30 bits per heavy atom. The fourth-order valence-corrected chi connectivity index (χ4v) is 2.16. The van der Waals surface area contributed by atoms with E-state index in [-0.39, 0.29) is 0 Å². The first-order chi connectivity index (χ1) is 9.90. The van der Waals surface area contributed by atoms with Crippen LogP contribution in [0.3, 0.4) is 0 Å². The zero-order chi connectivity index (χ0) is 14.0. The molecule has 106 valence electrons. The standard InChI is InChI=1S/C17H23N3/c18-12-16-8-4-5-9-17(16)14-20-11-10-19-13-15-6-2-1-3-7-15/h1-9,19-20H,10-14,18H2. The molecule has 0 aliphatic carbocycles. The van der Waals surface area contributed by atoms with E-state index in [1.165, 1.54) is 16.7 Å². The molecule has 0 aliphatic heterocycles. The molecule has 0 saturated carbocycles. The maximum absolute atomic E-state index is 5.73. The lowest BCUT2D eigenvalue weighted by molar-refractivity contribution is 0.609. The Balaban J connectivity index is 1.62. The molecule has 2 aromatic rings. The highest BCUT2D eigenvalue weighted by molar-refractivity contribution is 5.26. The highest BCUT2D eigenvalue weighted by Gasteiger charge is 1.98. The minimum Gasteiger partial charge on any atom is -0.326 e. The van der Waals surface area contributed by atoms with Gasteiger partial charge in [-0.2, -0.15) is 0 Å². The van der Waals surface area contributed by atoms with E-state index in [0.717, 1.165) is 26.2 Å². The molecule has 0 unspecified atom stereocenters. The van der Waals surface area contributed by atoms with E-state index in [4.69, 9.17) is 5.73 Å². The molecular weight excluding hydrogens is 246 g/mol. The molecule has 3 heteroatoms. The summed E-state index contributed by atoms with van der Waals surface area (Å²) in [5, 5.41) is 6.87. The Hall–Kier alpha value is -1.68. The van der Waals surface area contributed by atoms with Crippen LogP contribution in [0.5, 0.6) is 0 Å². The molecule has 0 radical (unpaired) electrons. The molecule has 3 nitrogen and oxygen atoms in total. The highest BCUT2D eigenvalue weighted by atomic mass is 14.9. The molecule has 2 rings (SSSR count). The van der Waals surface area contributed by atoms with Gasteiger partial charge in [-0.05, 0) is 16.7 Å². The molecule has 2 aromatic carbocycles. The first-order valence-electron chi connectivity index (χ1n) is 7.12. The van der Waals surface area contributed by atoms with Gasteiger partial charge < -0.3 is 16.4 Å². The van der Waals surface area contributed by atoms with Gasteiger partial charge in [0.25, 0.3) is 0 Å². The summed E-state index contributed by atoms with van der Waals surface area (Å²) in [6, 6.07) is 18.8. The third kappa shape index (κ3) is 4.78. The number of nitrogens with one attached hydrogen (secondary N) is 2. The second-order valence-corrected chi connectivity index (χ2v) is 4.81. The molecular formula is C17H23N3. The van der Waals surface area contributed by atoms with Crippen molar-refractivity contribution in [3.63, 3.8) is 0 Å². The largest absolute Gasteiger partial charge is 0.326 e. The minimum absolute atomic E-state index is 0.601. The lowest BCUT2D eigenvalue weighted by atomic mass is 10.1. The third-order valence-electron chi connectivity index (χ3n) is 3.30. The summed E-state index contributed by atoms with van der Waals surface area (Å²) >= 11 is 0. The fourth-order valence-electron chi connectivity index (χ4n) is 2.16. The summed E-state index contributed by atoms with van der Waals surface area (Å²) < 4.78 is 0. The number of nitrogens with two attached hydrogens (primary N) is 1. The van der Waals surface area contributed by atoms with Crippen molar-refractivity contribution in [2.45, 2.75) is 19.6 Å². The van der Waals surface area contributed by atoms with Crippen LogP contribution in [-0.2, 0) is 19.6 Å². The summed E-state index contributed by atoms with van der Waals surface area (Å²) in [6.07, 6.45) is 0. The van der Waals surface area contributed by atoms with Crippen molar-refractivity contribution < 1.29 is 0 Å². The van der Waals surface area contributed by atoms with E-state index in [9.17, 15) is 0 Å². The molecule has 0 amide bonds. The van der Waals surface area contributed by atoms with Gasteiger partial charge in [0.1, 0.15) is 0 Å². The smallest absolute Gasteiger partial charge is 0.0209 e. The van der Waals surface area contributed by atoms with Crippen LogP contribution in [0.25, 0.3) is 0 Å². The molecule has 0 saturated heterocycles. The molecule has 20 heavy (non-hydrogen) atoms. The molecule has 0 bridgehead atoms. The van der Waals surface area contributed by atoms with Crippen LogP contribution in [0.1, 0.15) is 16.7 Å². The maximum atomic E-state index is 5.73. The summed E-state index contributed by atoms with van der Waals surface area (Å²) in [6.45, 7) is 4.30. The van der Waals surface area contributed by atoms with Crippen molar-refractivity contribution in [3.8, 4) is 0 Å². The monoisotopic (exact) mass is 269 g/mol. The van der Waals surface area contributed by atoms with E-state index >= 15 is 0 Å². The zero-order valence-electron chi connectivity index (χ0n) is 11.8. The molecule has 0 aromatic heterocycles. The second kappa shape index (κ2) is 8.48. The SMILES string of the molecule is NCc1ccccc1CNCCNCc1ccccc1. The lowest BCUT2D eigenvalue weighted by Gasteiger charge is -2.09. The Morgan fingerprint density at radius 3 is 2.00 bits per heavy atom. The van der Waals surface area contributed by atoms with Crippen LogP contribution < -0.4 is 16.4 Å². The van der Waals surface area contributed by atoms with Crippen LogP contribution >= 0.6 is 0 Å². The molecule has 0 spiro atoms. The van der Waals surface area contributed by atoms with Gasteiger partial charge >= 0.3 is 0 Å². The van der Waals surface area contributed by atoms with Crippen molar-refractivity contribution >= 4 is 0 Å². The third-order valence-corrected chi connectivity index (χ3v) is 3.30. The minimum atomic E-state index is 0.601. The number of hydrogen-bond acceptors (Lipinski definition) is 3. The van der Waals surface area contributed by atoms with Gasteiger partial charge in [0, 0.05) is 32.7 Å². The van der Waals surface area contributed by atoms with E-state index in [1.807, 2.05) is 12.1 Å². The normalized spacial score (nSPS) is 10.7. The van der Waals surface area contributed by atoms with Gasteiger partial charge in [0.05, 0.1) is 0 Å². The quantitative estimate of drug-likeness (QED) is 0.643. The van der Waals surface area contributed by atoms with Crippen LogP contribution in [0.15, 0.2) is 54.6 Å². The Bertz CT molecular complexity index is 497. The topological polar surface area (TPSA) is 50.1 Å². The first-order valence-corrected chi connectivity index (χ1v) is 7.12. The lowest BCUT2D eigenvalue weighted by Crippen LogP contribution is -2.27. The van der Waals surface area contributed by atoms with Gasteiger partial charge in [0.2, 0.25) is 0 Å². The van der Waals surface area contributed by atoms with Crippen LogP contribution in [0, 0.1) is 0 Å². The summed E-state index contributed by atoms with van der Waals surface area (Å²) in [5.74, 6) is 0. The number of rotatable bonds is 8. The summed E-state index contributed by atoms with van der Waals surface area (Å²) in [7, 11) is 0. The molecule has 0 heterocycles. The zero-order valence-corrected chi connectivity index (χ0v) is 11.8. The van der Waals surface area contributed by atoms with E-state index in [1.54, 1.807) is 0 Å². The van der Waals surface area contributed by atoms with Gasteiger partial charge in [-0.25, -0.2) is 0 Å². The Labute approximate surface area is 121 Å². The molecule has 0 atom stereocenters. The molecule has 0 fully saturated rings. The van der Waals surface area contributed by atoms with Crippen molar-refractivity contribution in [2.75, 3.05) is 13.1 Å². The van der Waals surface area contributed by atoms with E-state index in [0.29, 0.717) is 6.54 Å². The van der Waals surface area contributed by atoms with Gasteiger partial charge in [-0.15, -0.1) is 0 Å². The predicted molar refractivity (Wildman–Crippen MR) is 84.2 cm³/mol. The van der Waals surface area contributed by atoms with Gasteiger partial charge in [-0.1, -0.05) is 54.6 Å². The predicted octanol–water partition coefficient (Wildman–Crippen LogP) is 2.02. The van der Waals surface area contributed by atoms with E-state index < -0.39 is 0 Å². The molecule has 0 aliphatic rings. The van der Waals surface area contributed by atoms with Crippen molar-refractivity contribution in [1.29, 1.82) is 0 Å². The van der Waals surface area contributed by atoms with Crippen LogP contribution in [-0.4, -0.2) is 13.1 Å². The molecule has 4 N–H and O–H groups in total. The van der Waals surface area contributed by atoms with Crippen LogP contribution in [0.2, 0.25) is 0 Å². The van der Waals surface area contributed by atoms with Crippen molar-refractivity contribution in [1.82, 2.24) is 10.6 Å². The highest BCUT2D eigenvalue weighted by Crippen LogP contribution is 2.06. The average molecular weight is 269 g/mol. The van der Waals surface area contributed by atoms with Crippen LogP contribution in [0.4, 0.5) is 0 Å². The number of hydrogen-bond donors (Lipinski definition) is 3. The summed E-state index contributed by atoms with van der Waals surface area (Å²) in [4.78, 5) is 0. The average Bonchev–Trinajstić information content (AvgIpc) is 2.52. The Kier molecular flexibility index (Phi) is 6.24. The van der Waals surface area contributed by atoms with Crippen molar-refractivity contribution in [2.24, 2.45) is 5.73 Å². The fraction of sp³-hybridized carbons (Fsp3) is 0.294. The second-order valence-electron chi connectivity index (χ2n) is 4.81.